The first kappa shape index (κ1) is 13.2. The van der Waals surface area contributed by atoms with E-state index in [0.717, 1.165) is 17.8 Å². The number of nitrogens with zero attached hydrogens (tertiary/aromatic N) is 1. The van der Waals surface area contributed by atoms with Crippen molar-refractivity contribution in [3.05, 3.63) is 51.5 Å². The molecule has 21 heavy (non-hydrogen) atoms. The third kappa shape index (κ3) is 2.35. The SMILES string of the molecule is S=c1oc2ccccc2n1C[NH+]1CCC[C@H]1c1cccs1. The number of benzene rings is 1. The fourth-order valence-electron chi connectivity index (χ4n) is 3.30. The lowest BCUT2D eigenvalue weighted by molar-refractivity contribution is -0.940. The van der Waals surface area contributed by atoms with Crippen LogP contribution < -0.4 is 4.90 Å². The molecule has 2 atom stereocenters. The summed E-state index contributed by atoms with van der Waals surface area (Å²) in [5.74, 6) is 0. The number of fused-ring (bicyclic) bond motifs is 1. The molecule has 1 N–H and O–H groups in total. The van der Waals surface area contributed by atoms with Crippen molar-refractivity contribution in [2.75, 3.05) is 6.54 Å². The third-order valence-corrected chi connectivity index (χ3v) is 5.59. The predicted octanol–water partition coefficient (Wildman–Crippen LogP) is 3.40. The molecule has 0 spiro atoms. The van der Waals surface area contributed by atoms with Crippen molar-refractivity contribution in [1.82, 2.24) is 4.57 Å². The maximum atomic E-state index is 5.70. The standard InChI is InChI=1S/C16H16N2OS2/c20-16-18(12-5-1-2-7-14(12)19-16)11-17-9-3-6-13(17)15-8-4-10-21-15/h1-2,4-5,7-8,10,13H,3,6,9,11H2/p+1/t13-/m0/s1. The molecule has 0 aliphatic carbocycles. The topological polar surface area (TPSA) is 22.5 Å². The van der Waals surface area contributed by atoms with Crippen LogP contribution in [0.15, 0.2) is 46.2 Å². The number of para-hydroxylation sites is 2. The average molecular weight is 317 g/mol. The summed E-state index contributed by atoms with van der Waals surface area (Å²) < 4.78 is 7.85. The van der Waals surface area contributed by atoms with E-state index in [4.69, 9.17) is 16.6 Å². The molecule has 2 aromatic heterocycles. The molecule has 3 nitrogen and oxygen atoms in total. The Hall–Kier alpha value is -1.43. The fraction of sp³-hybridized carbons (Fsp3) is 0.312. The molecule has 0 radical (unpaired) electrons. The maximum absolute atomic E-state index is 5.70. The second-order valence-electron chi connectivity index (χ2n) is 5.54. The highest BCUT2D eigenvalue weighted by Gasteiger charge is 2.31. The van der Waals surface area contributed by atoms with E-state index in [0.29, 0.717) is 10.9 Å². The molecule has 108 valence electrons. The monoisotopic (exact) mass is 317 g/mol. The fourth-order valence-corrected chi connectivity index (χ4v) is 4.47. The first-order valence-corrected chi connectivity index (χ1v) is 8.58. The highest BCUT2D eigenvalue weighted by molar-refractivity contribution is 7.71. The first-order chi connectivity index (χ1) is 10.3. The zero-order chi connectivity index (χ0) is 14.2. The van der Waals surface area contributed by atoms with E-state index in [-0.39, 0.29) is 0 Å². The Morgan fingerprint density at radius 3 is 3.05 bits per heavy atom. The van der Waals surface area contributed by atoms with Gasteiger partial charge in [0, 0.05) is 12.8 Å². The summed E-state index contributed by atoms with van der Waals surface area (Å²) in [4.78, 5) is 3.66. The molecule has 5 heteroatoms. The van der Waals surface area contributed by atoms with Crippen LogP contribution in [0.3, 0.4) is 0 Å². The number of quaternary nitrogens is 1. The number of hydrogen-bond acceptors (Lipinski definition) is 3. The quantitative estimate of drug-likeness (QED) is 0.748. The van der Waals surface area contributed by atoms with Crippen LogP contribution in [0.2, 0.25) is 0 Å². The van der Waals surface area contributed by atoms with Crippen molar-refractivity contribution in [1.29, 1.82) is 0 Å². The highest BCUT2D eigenvalue weighted by Crippen LogP contribution is 2.24. The zero-order valence-electron chi connectivity index (χ0n) is 11.6. The third-order valence-electron chi connectivity index (χ3n) is 4.31. The number of rotatable bonds is 3. The molecule has 1 unspecified atom stereocenters. The van der Waals surface area contributed by atoms with Crippen molar-refractivity contribution in [2.24, 2.45) is 0 Å². The molecule has 1 aliphatic rings. The second-order valence-corrected chi connectivity index (χ2v) is 6.87. The minimum Gasteiger partial charge on any atom is -0.429 e. The summed E-state index contributed by atoms with van der Waals surface area (Å²) in [7, 11) is 0. The summed E-state index contributed by atoms with van der Waals surface area (Å²) in [6.07, 6.45) is 2.54. The van der Waals surface area contributed by atoms with Crippen LogP contribution in [0.4, 0.5) is 0 Å². The molecule has 1 fully saturated rings. The van der Waals surface area contributed by atoms with Gasteiger partial charge in [0.2, 0.25) is 0 Å². The van der Waals surface area contributed by atoms with Gasteiger partial charge in [-0.2, -0.15) is 0 Å². The number of thiophene rings is 1. The number of aromatic nitrogens is 1. The summed E-state index contributed by atoms with van der Waals surface area (Å²) in [5, 5.41) is 2.17. The van der Waals surface area contributed by atoms with Gasteiger partial charge in [-0.15, -0.1) is 11.3 Å². The van der Waals surface area contributed by atoms with E-state index in [1.807, 2.05) is 29.5 Å². The Morgan fingerprint density at radius 1 is 1.29 bits per heavy atom. The van der Waals surface area contributed by atoms with Crippen LogP contribution in [-0.2, 0) is 6.67 Å². The lowest BCUT2D eigenvalue weighted by atomic mass is 10.2. The van der Waals surface area contributed by atoms with Gasteiger partial charge in [0.05, 0.1) is 16.9 Å². The van der Waals surface area contributed by atoms with Gasteiger partial charge < -0.3 is 9.32 Å². The van der Waals surface area contributed by atoms with Gasteiger partial charge in [-0.05, 0) is 35.8 Å². The Bertz CT molecular complexity index is 803. The zero-order valence-corrected chi connectivity index (χ0v) is 13.3. The van der Waals surface area contributed by atoms with Crippen LogP contribution >= 0.6 is 23.6 Å². The molecule has 0 amide bonds. The Kier molecular flexibility index (Phi) is 3.41. The number of oxazole rings is 1. The van der Waals surface area contributed by atoms with Crippen molar-refractivity contribution < 1.29 is 9.32 Å². The van der Waals surface area contributed by atoms with E-state index in [9.17, 15) is 0 Å². The first-order valence-electron chi connectivity index (χ1n) is 7.29. The summed E-state index contributed by atoms with van der Waals surface area (Å²) in [6, 6.07) is 13.1. The molecular weight excluding hydrogens is 300 g/mol. The van der Waals surface area contributed by atoms with Crippen LogP contribution in [0, 0.1) is 4.84 Å². The van der Waals surface area contributed by atoms with Crippen molar-refractivity contribution in [2.45, 2.75) is 25.6 Å². The van der Waals surface area contributed by atoms with E-state index < -0.39 is 0 Å². The summed E-state index contributed by atoms with van der Waals surface area (Å²) >= 11 is 7.28. The Balaban J connectivity index is 1.68. The van der Waals surface area contributed by atoms with Gasteiger partial charge in [-0.1, -0.05) is 18.2 Å². The molecule has 0 saturated carbocycles. The number of likely N-dealkylation sites (tertiary alicyclic amines) is 1. The van der Waals surface area contributed by atoms with Crippen LogP contribution in [0.1, 0.15) is 23.8 Å². The minimum atomic E-state index is 0.584. The lowest BCUT2D eigenvalue weighted by Crippen LogP contribution is -3.09. The number of hydrogen-bond donors (Lipinski definition) is 1. The smallest absolute Gasteiger partial charge is 0.274 e. The molecule has 3 heterocycles. The predicted molar refractivity (Wildman–Crippen MR) is 87.2 cm³/mol. The minimum absolute atomic E-state index is 0.584. The van der Waals surface area contributed by atoms with E-state index in [2.05, 4.69) is 28.1 Å². The van der Waals surface area contributed by atoms with Gasteiger partial charge in [-0.25, -0.2) is 0 Å². The van der Waals surface area contributed by atoms with Crippen LogP contribution in [0.5, 0.6) is 0 Å². The summed E-state index contributed by atoms with van der Waals surface area (Å²) in [6.45, 7) is 2.09. The maximum Gasteiger partial charge on any atom is 0.274 e. The molecule has 1 saturated heterocycles. The van der Waals surface area contributed by atoms with Crippen molar-refractivity contribution in [3.63, 3.8) is 0 Å². The second kappa shape index (κ2) is 5.40. The van der Waals surface area contributed by atoms with Gasteiger partial charge in [0.25, 0.3) is 4.84 Å². The van der Waals surface area contributed by atoms with Gasteiger partial charge in [0.15, 0.2) is 12.3 Å². The van der Waals surface area contributed by atoms with Crippen LogP contribution in [-0.4, -0.2) is 11.1 Å². The Labute approximate surface area is 132 Å². The van der Waals surface area contributed by atoms with Gasteiger partial charge >= 0.3 is 0 Å². The van der Waals surface area contributed by atoms with E-state index >= 15 is 0 Å². The normalized spacial score (nSPS) is 22.1. The van der Waals surface area contributed by atoms with E-state index in [1.165, 1.54) is 24.3 Å². The molecule has 1 aromatic carbocycles. The molecule has 3 aromatic rings. The largest absolute Gasteiger partial charge is 0.429 e. The average Bonchev–Trinajstić information content (AvgIpc) is 3.20. The van der Waals surface area contributed by atoms with E-state index in [1.54, 1.807) is 4.90 Å². The van der Waals surface area contributed by atoms with Crippen LogP contribution in [0.25, 0.3) is 11.1 Å². The molecule has 0 bridgehead atoms. The van der Waals surface area contributed by atoms with Gasteiger partial charge in [-0.3, -0.25) is 4.57 Å². The van der Waals surface area contributed by atoms with Crippen molar-refractivity contribution in [3.8, 4) is 0 Å². The Morgan fingerprint density at radius 2 is 2.19 bits per heavy atom. The molecule has 1 aliphatic heterocycles. The lowest BCUT2D eigenvalue weighted by Gasteiger charge is -2.20. The van der Waals surface area contributed by atoms with Gasteiger partial charge in [0.1, 0.15) is 6.04 Å². The van der Waals surface area contributed by atoms with Crippen molar-refractivity contribution >= 4 is 34.7 Å². The molecule has 4 rings (SSSR count). The highest BCUT2D eigenvalue weighted by atomic mass is 32.1. The molecular formula is C16H17N2OS2+. The summed E-state index contributed by atoms with van der Waals surface area (Å²) in [5.41, 5.74) is 1.99. The number of nitrogens with one attached hydrogen (secondary N) is 1.